The highest BCUT2D eigenvalue weighted by Crippen LogP contribution is 2.20. The molecular weight excluding hydrogens is 242 g/mol. The molecule has 4 heteroatoms. The van der Waals surface area contributed by atoms with Gasteiger partial charge < -0.3 is 9.88 Å². The lowest BCUT2D eigenvalue weighted by Gasteiger charge is -2.11. The molecule has 3 nitrogen and oxygen atoms in total. The maximum Gasteiger partial charge on any atom is 0.207 e. The van der Waals surface area contributed by atoms with Gasteiger partial charge in [0.2, 0.25) is 5.95 Å². The summed E-state index contributed by atoms with van der Waals surface area (Å²) >= 11 is 1.75. The SMILES string of the molecule is CSc1ccc(Nc2nccn2CC(C)C)cc1. The van der Waals surface area contributed by atoms with E-state index in [-0.39, 0.29) is 0 Å². The van der Waals surface area contributed by atoms with Crippen molar-refractivity contribution in [3.8, 4) is 0 Å². The van der Waals surface area contributed by atoms with E-state index in [1.54, 1.807) is 11.8 Å². The molecule has 0 spiro atoms. The number of anilines is 2. The lowest BCUT2D eigenvalue weighted by molar-refractivity contribution is 0.527. The number of rotatable bonds is 5. The molecule has 0 atom stereocenters. The van der Waals surface area contributed by atoms with E-state index in [0.29, 0.717) is 5.92 Å². The molecule has 18 heavy (non-hydrogen) atoms. The lowest BCUT2D eigenvalue weighted by Crippen LogP contribution is -2.07. The Labute approximate surface area is 113 Å². The van der Waals surface area contributed by atoms with E-state index in [2.05, 4.69) is 59.2 Å². The first-order valence-electron chi connectivity index (χ1n) is 6.11. The predicted octanol–water partition coefficient (Wildman–Crippen LogP) is 4.00. The molecule has 0 aliphatic carbocycles. The number of imidazole rings is 1. The summed E-state index contributed by atoms with van der Waals surface area (Å²) in [5.41, 5.74) is 1.07. The number of thioether (sulfide) groups is 1. The van der Waals surface area contributed by atoms with Crippen molar-refractivity contribution < 1.29 is 0 Å². The molecular formula is C14H19N3S. The third kappa shape index (κ3) is 3.29. The number of nitrogens with zero attached hydrogens (tertiary/aromatic N) is 2. The molecule has 0 aliphatic rings. The van der Waals surface area contributed by atoms with E-state index in [4.69, 9.17) is 0 Å². The molecule has 96 valence electrons. The Morgan fingerprint density at radius 2 is 2.00 bits per heavy atom. The second kappa shape index (κ2) is 5.96. The molecule has 0 unspecified atom stereocenters. The van der Waals surface area contributed by atoms with Crippen LogP contribution in [0.5, 0.6) is 0 Å². The van der Waals surface area contributed by atoms with Crippen molar-refractivity contribution in [3.63, 3.8) is 0 Å². The first-order valence-corrected chi connectivity index (χ1v) is 7.33. The first kappa shape index (κ1) is 13.0. The quantitative estimate of drug-likeness (QED) is 0.825. The van der Waals surface area contributed by atoms with Crippen LogP contribution in [-0.4, -0.2) is 15.8 Å². The summed E-state index contributed by atoms with van der Waals surface area (Å²) < 4.78 is 2.15. The molecule has 0 saturated heterocycles. The van der Waals surface area contributed by atoms with E-state index >= 15 is 0 Å². The summed E-state index contributed by atoms with van der Waals surface area (Å²) in [5.74, 6) is 1.51. The molecule has 1 aromatic heterocycles. The minimum Gasteiger partial charge on any atom is -0.326 e. The van der Waals surface area contributed by atoms with Crippen LogP contribution in [-0.2, 0) is 6.54 Å². The summed E-state index contributed by atoms with van der Waals surface area (Å²) in [4.78, 5) is 5.62. The molecule has 0 bridgehead atoms. The van der Waals surface area contributed by atoms with Gasteiger partial charge in [0, 0.05) is 29.5 Å². The van der Waals surface area contributed by atoms with Crippen LogP contribution in [0.4, 0.5) is 11.6 Å². The van der Waals surface area contributed by atoms with Gasteiger partial charge in [-0.25, -0.2) is 4.98 Å². The van der Waals surface area contributed by atoms with E-state index in [0.717, 1.165) is 18.2 Å². The van der Waals surface area contributed by atoms with Crippen molar-refractivity contribution in [3.05, 3.63) is 36.7 Å². The minimum absolute atomic E-state index is 0.610. The van der Waals surface area contributed by atoms with Gasteiger partial charge in [0.25, 0.3) is 0 Å². The summed E-state index contributed by atoms with van der Waals surface area (Å²) in [6.45, 7) is 5.39. The Morgan fingerprint density at radius 1 is 1.28 bits per heavy atom. The van der Waals surface area contributed by atoms with Crippen molar-refractivity contribution in [1.82, 2.24) is 9.55 Å². The Bertz CT molecular complexity index is 488. The van der Waals surface area contributed by atoms with E-state index in [1.807, 2.05) is 12.4 Å². The van der Waals surface area contributed by atoms with Crippen molar-refractivity contribution >= 4 is 23.4 Å². The molecule has 0 amide bonds. The fourth-order valence-electron chi connectivity index (χ4n) is 1.78. The Morgan fingerprint density at radius 3 is 2.61 bits per heavy atom. The summed E-state index contributed by atoms with van der Waals surface area (Å²) in [6.07, 6.45) is 5.93. The molecule has 2 rings (SSSR count). The monoisotopic (exact) mass is 261 g/mol. The van der Waals surface area contributed by atoms with Crippen LogP contribution in [0, 0.1) is 5.92 Å². The maximum atomic E-state index is 4.35. The van der Waals surface area contributed by atoms with E-state index < -0.39 is 0 Å². The summed E-state index contributed by atoms with van der Waals surface area (Å²) in [5, 5.41) is 3.35. The van der Waals surface area contributed by atoms with Crippen molar-refractivity contribution in [2.24, 2.45) is 5.92 Å². The number of benzene rings is 1. The average molecular weight is 261 g/mol. The molecule has 1 aromatic carbocycles. The second-order valence-electron chi connectivity index (χ2n) is 4.65. The molecule has 2 aromatic rings. The number of hydrogen-bond acceptors (Lipinski definition) is 3. The summed E-state index contributed by atoms with van der Waals surface area (Å²) in [6, 6.07) is 8.39. The molecule has 0 saturated carbocycles. The second-order valence-corrected chi connectivity index (χ2v) is 5.53. The van der Waals surface area contributed by atoms with Crippen LogP contribution in [0.3, 0.4) is 0 Å². The minimum atomic E-state index is 0.610. The third-order valence-electron chi connectivity index (χ3n) is 2.62. The van der Waals surface area contributed by atoms with Gasteiger partial charge in [-0.05, 0) is 36.4 Å². The first-order chi connectivity index (χ1) is 8.69. The van der Waals surface area contributed by atoms with Gasteiger partial charge in [0.05, 0.1) is 0 Å². The van der Waals surface area contributed by atoms with Gasteiger partial charge in [-0.15, -0.1) is 11.8 Å². The zero-order valence-electron chi connectivity index (χ0n) is 11.1. The highest BCUT2D eigenvalue weighted by molar-refractivity contribution is 7.98. The van der Waals surface area contributed by atoms with Gasteiger partial charge in [0.15, 0.2) is 0 Å². The highest BCUT2D eigenvalue weighted by atomic mass is 32.2. The van der Waals surface area contributed by atoms with Crippen LogP contribution in [0.15, 0.2) is 41.6 Å². The fourth-order valence-corrected chi connectivity index (χ4v) is 2.19. The Balaban J connectivity index is 2.10. The van der Waals surface area contributed by atoms with E-state index in [9.17, 15) is 0 Å². The van der Waals surface area contributed by atoms with Gasteiger partial charge >= 0.3 is 0 Å². The maximum absolute atomic E-state index is 4.35. The largest absolute Gasteiger partial charge is 0.326 e. The summed E-state index contributed by atoms with van der Waals surface area (Å²) in [7, 11) is 0. The van der Waals surface area contributed by atoms with Crippen molar-refractivity contribution in [1.29, 1.82) is 0 Å². The standard InChI is InChI=1S/C14H19N3S/c1-11(2)10-17-9-8-15-14(17)16-12-4-6-13(18-3)7-5-12/h4-9,11H,10H2,1-3H3,(H,15,16). The number of aromatic nitrogens is 2. The van der Waals surface area contributed by atoms with Crippen molar-refractivity contribution in [2.75, 3.05) is 11.6 Å². The fraction of sp³-hybridized carbons (Fsp3) is 0.357. The van der Waals surface area contributed by atoms with Crippen LogP contribution in [0.25, 0.3) is 0 Å². The highest BCUT2D eigenvalue weighted by Gasteiger charge is 2.04. The van der Waals surface area contributed by atoms with E-state index in [1.165, 1.54) is 4.90 Å². The topological polar surface area (TPSA) is 29.9 Å². The Hall–Kier alpha value is -1.42. The molecule has 0 radical (unpaired) electrons. The van der Waals surface area contributed by atoms with Gasteiger partial charge in [-0.1, -0.05) is 13.8 Å². The number of nitrogens with one attached hydrogen (secondary N) is 1. The Kier molecular flexibility index (Phi) is 4.31. The third-order valence-corrected chi connectivity index (χ3v) is 3.37. The van der Waals surface area contributed by atoms with Crippen LogP contribution >= 0.6 is 11.8 Å². The lowest BCUT2D eigenvalue weighted by atomic mass is 10.2. The molecule has 1 heterocycles. The normalized spacial score (nSPS) is 10.9. The zero-order valence-corrected chi connectivity index (χ0v) is 11.9. The van der Waals surface area contributed by atoms with Gasteiger partial charge in [0.1, 0.15) is 0 Å². The van der Waals surface area contributed by atoms with Crippen LogP contribution in [0.1, 0.15) is 13.8 Å². The van der Waals surface area contributed by atoms with Gasteiger partial charge in [-0.3, -0.25) is 0 Å². The zero-order chi connectivity index (χ0) is 13.0. The van der Waals surface area contributed by atoms with Crippen molar-refractivity contribution in [2.45, 2.75) is 25.3 Å². The molecule has 0 fully saturated rings. The average Bonchev–Trinajstić information content (AvgIpc) is 2.77. The smallest absolute Gasteiger partial charge is 0.207 e. The predicted molar refractivity (Wildman–Crippen MR) is 78.6 cm³/mol. The molecule has 1 N–H and O–H groups in total. The molecule has 0 aliphatic heterocycles. The van der Waals surface area contributed by atoms with Crippen LogP contribution in [0.2, 0.25) is 0 Å². The van der Waals surface area contributed by atoms with Crippen LogP contribution < -0.4 is 5.32 Å². The van der Waals surface area contributed by atoms with Gasteiger partial charge in [-0.2, -0.15) is 0 Å². The number of hydrogen-bond donors (Lipinski definition) is 1.